The molecular weight excluding hydrogens is 316 g/mol. The number of methoxy groups -OCH3 is 1. The maximum atomic E-state index is 13.0. The van der Waals surface area contributed by atoms with Crippen LogP contribution in [0.1, 0.15) is 38.2 Å². The molecule has 3 heterocycles. The van der Waals surface area contributed by atoms with E-state index in [1.54, 1.807) is 0 Å². The molecule has 0 radical (unpaired) electrons. The zero-order valence-corrected chi connectivity index (χ0v) is 15.0. The van der Waals surface area contributed by atoms with Crippen LogP contribution in [0.25, 0.3) is 0 Å². The van der Waals surface area contributed by atoms with Crippen molar-refractivity contribution in [2.45, 2.75) is 44.1 Å². The molecule has 5 heteroatoms. The molecule has 0 aliphatic carbocycles. The van der Waals surface area contributed by atoms with E-state index in [2.05, 4.69) is 23.2 Å². The number of piperidine rings is 1. The Bertz CT molecular complexity index is 704. The van der Waals surface area contributed by atoms with Crippen LogP contribution in [0.3, 0.4) is 0 Å². The molecule has 3 aliphatic rings. The lowest BCUT2D eigenvalue weighted by Gasteiger charge is -2.44. The average Bonchev–Trinajstić information content (AvgIpc) is 3.14. The number of ether oxygens (including phenoxy) is 1. The molecular formula is C20H26N2O3. The van der Waals surface area contributed by atoms with E-state index in [1.165, 1.54) is 7.11 Å². The van der Waals surface area contributed by atoms with Gasteiger partial charge in [0.25, 0.3) is 0 Å². The number of para-hydroxylation sites is 1. The van der Waals surface area contributed by atoms with Crippen molar-refractivity contribution >= 4 is 17.6 Å². The van der Waals surface area contributed by atoms with E-state index < -0.39 is 5.41 Å². The Hall–Kier alpha value is -1.88. The minimum absolute atomic E-state index is 0.132. The predicted molar refractivity (Wildman–Crippen MR) is 95.2 cm³/mol. The lowest BCUT2D eigenvalue weighted by Crippen LogP contribution is -2.53. The van der Waals surface area contributed by atoms with Gasteiger partial charge in [-0.1, -0.05) is 31.5 Å². The molecule has 0 aromatic heterocycles. The number of esters is 1. The van der Waals surface area contributed by atoms with E-state index >= 15 is 0 Å². The maximum Gasteiger partial charge on any atom is 0.305 e. The van der Waals surface area contributed by atoms with Crippen molar-refractivity contribution in [2.75, 3.05) is 25.5 Å². The van der Waals surface area contributed by atoms with Crippen molar-refractivity contribution in [3.05, 3.63) is 29.8 Å². The summed E-state index contributed by atoms with van der Waals surface area (Å²) in [5, 5.41) is 3.10. The summed E-state index contributed by atoms with van der Waals surface area (Å²) in [5.74, 6) is 0.771. The molecule has 1 aromatic carbocycles. The zero-order chi connectivity index (χ0) is 17.6. The molecule has 1 amide bonds. The summed E-state index contributed by atoms with van der Waals surface area (Å²) in [7, 11) is 1.45. The summed E-state index contributed by atoms with van der Waals surface area (Å²) in [5.41, 5.74) is 1.64. The van der Waals surface area contributed by atoms with Crippen molar-refractivity contribution in [3.63, 3.8) is 0 Å². The highest BCUT2D eigenvalue weighted by Gasteiger charge is 2.59. The third kappa shape index (κ3) is 2.40. The van der Waals surface area contributed by atoms with Gasteiger partial charge in [-0.2, -0.15) is 0 Å². The van der Waals surface area contributed by atoms with Gasteiger partial charge in [-0.3, -0.25) is 14.5 Å². The second-order valence-corrected chi connectivity index (χ2v) is 7.68. The van der Waals surface area contributed by atoms with Crippen molar-refractivity contribution in [1.82, 2.24) is 4.90 Å². The Kier molecular flexibility index (Phi) is 4.07. The number of carbonyl (C=O) groups is 2. The van der Waals surface area contributed by atoms with E-state index in [4.69, 9.17) is 4.74 Å². The monoisotopic (exact) mass is 342 g/mol. The fourth-order valence-corrected chi connectivity index (χ4v) is 5.38. The van der Waals surface area contributed by atoms with Gasteiger partial charge < -0.3 is 10.1 Å². The summed E-state index contributed by atoms with van der Waals surface area (Å²) in [6.45, 7) is 4.12. The number of carbonyl (C=O) groups excluding carboxylic acids is 2. The Morgan fingerprint density at radius 1 is 1.36 bits per heavy atom. The van der Waals surface area contributed by atoms with Crippen LogP contribution in [-0.2, 0) is 19.7 Å². The van der Waals surface area contributed by atoms with E-state index in [9.17, 15) is 9.59 Å². The predicted octanol–water partition coefficient (Wildman–Crippen LogP) is 2.56. The third-order valence-corrected chi connectivity index (χ3v) is 6.71. The van der Waals surface area contributed by atoms with Crippen molar-refractivity contribution in [2.24, 2.45) is 11.8 Å². The maximum absolute atomic E-state index is 13.0. The molecule has 134 valence electrons. The smallest absolute Gasteiger partial charge is 0.305 e. The van der Waals surface area contributed by atoms with Crippen LogP contribution < -0.4 is 5.32 Å². The number of amides is 1. The number of benzene rings is 1. The molecule has 4 atom stereocenters. The lowest BCUT2D eigenvalue weighted by atomic mass is 9.68. The van der Waals surface area contributed by atoms with E-state index in [-0.39, 0.29) is 23.8 Å². The first kappa shape index (κ1) is 16.6. The van der Waals surface area contributed by atoms with E-state index in [0.29, 0.717) is 12.3 Å². The largest absolute Gasteiger partial charge is 0.469 e. The molecule has 0 bridgehead atoms. The first-order chi connectivity index (χ1) is 12.1. The van der Waals surface area contributed by atoms with Crippen molar-refractivity contribution in [1.29, 1.82) is 0 Å². The molecule has 2 saturated heterocycles. The van der Waals surface area contributed by atoms with Gasteiger partial charge in [0.05, 0.1) is 12.5 Å². The van der Waals surface area contributed by atoms with Crippen LogP contribution in [0.15, 0.2) is 24.3 Å². The Labute approximate surface area is 148 Å². The summed E-state index contributed by atoms with van der Waals surface area (Å²) in [6, 6.07) is 8.26. The van der Waals surface area contributed by atoms with Gasteiger partial charge in [-0.05, 0) is 42.9 Å². The van der Waals surface area contributed by atoms with Crippen LogP contribution in [-0.4, -0.2) is 43.0 Å². The molecule has 3 aliphatic heterocycles. The number of anilines is 1. The lowest BCUT2D eigenvalue weighted by molar-refractivity contribution is -0.143. The number of rotatable bonds is 3. The van der Waals surface area contributed by atoms with Crippen molar-refractivity contribution < 1.29 is 14.3 Å². The number of nitrogens with zero attached hydrogens (tertiary/aromatic N) is 1. The van der Waals surface area contributed by atoms with Gasteiger partial charge in [0, 0.05) is 24.7 Å². The second-order valence-electron chi connectivity index (χ2n) is 7.68. The van der Waals surface area contributed by atoms with Gasteiger partial charge >= 0.3 is 5.97 Å². The third-order valence-electron chi connectivity index (χ3n) is 6.71. The fraction of sp³-hybridized carbons (Fsp3) is 0.600. The number of hydrogen-bond donors (Lipinski definition) is 1. The molecule has 4 rings (SSSR count). The highest BCUT2D eigenvalue weighted by atomic mass is 16.5. The summed E-state index contributed by atoms with van der Waals surface area (Å²) >= 11 is 0. The van der Waals surface area contributed by atoms with E-state index in [0.717, 1.165) is 43.6 Å². The Morgan fingerprint density at radius 2 is 2.16 bits per heavy atom. The van der Waals surface area contributed by atoms with Crippen LogP contribution >= 0.6 is 0 Å². The average molecular weight is 342 g/mol. The molecule has 1 aromatic rings. The van der Waals surface area contributed by atoms with Gasteiger partial charge in [0.2, 0.25) is 5.91 Å². The van der Waals surface area contributed by atoms with Gasteiger partial charge in [0.15, 0.2) is 0 Å². The minimum atomic E-state index is -0.455. The summed E-state index contributed by atoms with van der Waals surface area (Å²) in [6.07, 6.45) is 3.26. The molecule has 2 fully saturated rings. The van der Waals surface area contributed by atoms with Crippen LogP contribution in [0.5, 0.6) is 0 Å². The highest BCUT2D eigenvalue weighted by molar-refractivity contribution is 6.07. The number of nitrogens with one attached hydrogen (secondary N) is 1. The molecule has 1 N–H and O–H groups in total. The zero-order valence-electron chi connectivity index (χ0n) is 15.0. The molecule has 0 unspecified atom stereocenters. The standard InChI is InChI=1S/C20H26N2O3/c1-3-13-12-22-9-8-20(17(22)10-14(13)11-18(23)25-2)15-6-4-5-7-16(15)21-19(20)24/h4-7,13-14,17H,3,8-12H2,1-2H3,(H,21,24)/t13-,14+,17-,20+/m0/s1. The SMILES string of the molecule is CC[C@H]1CN2CC[C@]3(C(=O)Nc4ccccc43)[C@@H]2C[C@@H]1CC(=O)OC. The summed E-state index contributed by atoms with van der Waals surface area (Å²) in [4.78, 5) is 27.4. The van der Waals surface area contributed by atoms with Gasteiger partial charge in [-0.25, -0.2) is 0 Å². The Balaban J connectivity index is 1.68. The molecule has 25 heavy (non-hydrogen) atoms. The first-order valence-corrected chi connectivity index (χ1v) is 9.32. The fourth-order valence-electron chi connectivity index (χ4n) is 5.38. The number of fused-ring (bicyclic) bond motifs is 4. The minimum Gasteiger partial charge on any atom is -0.469 e. The second kappa shape index (κ2) is 6.13. The van der Waals surface area contributed by atoms with Gasteiger partial charge in [0.1, 0.15) is 0 Å². The van der Waals surface area contributed by atoms with Crippen LogP contribution in [0.4, 0.5) is 5.69 Å². The van der Waals surface area contributed by atoms with Crippen LogP contribution in [0, 0.1) is 11.8 Å². The normalized spacial score (nSPS) is 33.8. The van der Waals surface area contributed by atoms with E-state index in [1.807, 2.05) is 18.2 Å². The molecule has 1 spiro atoms. The molecule has 0 saturated carbocycles. The topological polar surface area (TPSA) is 58.6 Å². The Morgan fingerprint density at radius 3 is 2.92 bits per heavy atom. The van der Waals surface area contributed by atoms with Crippen LogP contribution in [0.2, 0.25) is 0 Å². The number of hydrogen-bond acceptors (Lipinski definition) is 4. The molecule has 5 nitrogen and oxygen atoms in total. The quantitative estimate of drug-likeness (QED) is 0.858. The van der Waals surface area contributed by atoms with Gasteiger partial charge in [-0.15, -0.1) is 0 Å². The summed E-state index contributed by atoms with van der Waals surface area (Å²) < 4.78 is 4.92. The first-order valence-electron chi connectivity index (χ1n) is 9.32. The van der Waals surface area contributed by atoms with Crippen molar-refractivity contribution in [3.8, 4) is 0 Å². The highest BCUT2D eigenvalue weighted by Crippen LogP contribution is 2.52.